The fourth-order valence-electron chi connectivity index (χ4n) is 3.45. The molecule has 1 aromatic carbocycles. The molecular weight excluding hydrogens is 384 g/mol. The van der Waals surface area contributed by atoms with Crippen molar-refractivity contribution in [2.75, 3.05) is 13.1 Å². The summed E-state index contributed by atoms with van der Waals surface area (Å²) in [5.41, 5.74) is 3.22. The van der Waals surface area contributed by atoms with Crippen LogP contribution < -0.4 is 4.74 Å². The van der Waals surface area contributed by atoms with Crippen molar-refractivity contribution >= 4 is 39.3 Å². The number of nitrogens with zero attached hydrogens (tertiary/aromatic N) is 2. The molecule has 1 aliphatic rings. The first-order valence-corrected chi connectivity index (χ1v) is 10.1. The van der Waals surface area contributed by atoms with Crippen molar-refractivity contribution in [2.24, 2.45) is 5.92 Å². The number of H-pyrrole nitrogens is 1. The summed E-state index contributed by atoms with van der Waals surface area (Å²) in [6.07, 6.45) is 4.39. The lowest BCUT2D eigenvalue weighted by Gasteiger charge is -2.35. The molecular formula is C22H20N4O2S. The zero-order valence-electron chi connectivity index (χ0n) is 16.2. The van der Waals surface area contributed by atoms with Gasteiger partial charge in [-0.15, -0.1) is 11.3 Å². The molecule has 7 heteroatoms. The van der Waals surface area contributed by atoms with Gasteiger partial charge in [-0.1, -0.05) is 0 Å². The second-order valence-electron chi connectivity index (χ2n) is 7.11. The van der Waals surface area contributed by atoms with Gasteiger partial charge in [0.1, 0.15) is 5.75 Å². The Morgan fingerprint density at radius 3 is 2.93 bits per heavy atom. The van der Waals surface area contributed by atoms with Crippen molar-refractivity contribution in [3.8, 4) is 11.8 Å². The molecule has 0 bridgehead atoms. The molecule has 146 valence electrons. The predicted molar refractivity (Wildman–Crippen MR) is 114 cm³/mol. The maximum Gasteiger partial charge on any atom is 0.255 e. The molecule has 0 unspecified atom stereocenters. The lowest BCUT2D eigenvalue weighted by Crippen LogP contribution is -2.49. The number of hydrogen-bond donors (Lipinski definition) is 2. The van der Waals surface area contributed by atoms with E-state index in [1.807, 2.05) is 25.1 Å². The highest BCUT2D eigenvalue weighted by Crippen LogP contribution is 2.32. The highest BCUT2D eigenvalue weighted by Gasteiger charge is 2.32. The minimum atomic E-state index is -0.0961. The van der Waals surface area contributed by atoms with Crippen LogP contribution in [0.5, 0.6) is 5.75 Å². The van der Waals surface area contributed by atoms with Gasteiger partial charge in [0.15, 0.2) is 5.76 Å². The van der Waals surface area contributed by atoms with Crippen molar-refractivity contribution in [1.82, 2.24) is 9.88 Å². The molecule has 1 aliphatic heterocycles. The van der Waals surface area contributed by atoms with Crippen LogP contribution >= 0.6 is 11.3 Å². The predicted octanol–water partition coefficient (Wildman–Crippen LogP) is 4.51. The van der Waals surface area contributed by atoms with Crippen molar-refractivity contribution in [1.29, 1.82) is 10.7 Å². The summed E-state index contributed by atoms with van der Waals surface area (Å²) in [5.74, 6) is 0.975. The number of carbonyl (C=O) groups is 1. The Balaban J connectivity index is 1.59. The minimum absolute atomic E-state index is 0.0785. The standard InChI is InChI=1S/C22H20N4O2S/c1-13-12-29-20-7-16(3-4-17(13)20)28-19(5-6-23)21-14(2)18(9-25-21)22(27)26-10-15(8-24)11-26/h3-7,9,12,15,23,25H,10-11H2,1-2H3/b19-5+,23-6?. The number of nitriles is 1. The lowest BCUT2D eigenvalue weighted by molar-refractivity contribution is 0.0577. The van der Waals surface area contributed by atoms with E-state index < -0.39 is 0 Å². The molecule has 2 N–H and O–H groups in total. The molecule has 0 atom stereocenters. The quantitative estimate of drug-likeness (QED) is 0.484. The monoisotopic (exact) mass is 404 g/mol. The Morgan fingerprint density at radius 2 is 2.21 bits per heavy atom. The molecule has 3 aromatic rings. The average Bonchev–Trinajstić information content (AvgIpc) is 3.23. The van der Waals surface area contributed by atoms with Crippen LogP contribution in [0.4, 0.5) is 0 Å². The number of benzene rings is 1. The van der Waals surface area contributed by atoms with E-state index in [0.717, 1.165) is 16.5 Å². The summed E-state index contributed by atoms with van der Waals surface area (Å²) in [7, 11) is 0. The molecule has 1 amide bonds. The number of likely N-dealkylation sites (tertiary alicyclic amines) is 1. The van der Waals surface area contributed by atoms with Gasteiger partial charge in [-0.25, -0.2) is 0 Å². The first-order valence-electron chi connectivity index (χ1n) is 9.25. The van der Waals surface area contributed by atoms with Gasteiger partial charge in [-0.05, 0) is 53.9 Å². The van der Waals surface area contributed by atoms with Crippen molar-refractivity contribution in [3.63, 3.8) is 0 Å². The average molecular weight is 404 g/mol. The summed E-state index contributed by atoms with van der Waals surface area (Å²) in [6.45, 7) is 4.87. The largest absolute Gasteiger partial charge is 0.455 e. The summed E-state index contributed by atoms with van der Waals surface area (Å²) in [5, 5.41) is 19.7. The van der Waals surface area contributed by atoms with Crippen molar-refractivity contribution in [3.05, 3.63) is 58.2 Å². The Kier molecular flexibility index (Phi) is 4.95. The zero-order chi connectivity index (χ0) is 20.5. The van der Waals surface area contributed by atoms with Crippen LogP contribution in [-0.4, -0.2) is 35.1 Å². The molecule has 29 heavy (non-hydrogen) atoms. The highest BCUT2D eigenvalue weighted by atomic mass is 32.1. The van der Waals surface area contributed by atoms with Crippen LogP contribution in [0.15, 0.2) is 35.9 Å². The summed E-state index contributed by atoms with van der Waals surface area (Å²) < 4.78 is 7.22. The fraction of sp³-hybridized carbons (Fsp3) is 0.227. The highest BCUT2D eigenvalue weighted by molar-refractivity contribution is 7.17. The van der Waals surface area contributed by atoms with Gasteiger partial charge in [0.2, 0.25) is 0 Å². The third-order valence-corrected chi connectivity index (χ3v) is 6.23. The number of aromatic amines is 1. The number of hydrogen-bond acceptors (Lipinski definition) is 5. The van der Waals surface area contributed by atoms with Gasteiger partial charge in [0.25, 0.3) is 5.91 Å². The van der Waals surface area contributed by atoms with Gasteiger partial charge < -0.3 is 20.0 Å². The Morgan fingerprint density at radius 1 is 1.41 bits per heavy atom. The number of nitrogens with one attached hydrogen (secondary N) is 2. The summed E-state index contributed by atoms with van der Waals surface area (Å²) >= 11 is 1.66. The molecule has 3 heterocycles. The molecule has 0 saturated carbocycles. The van der Waals surface area contributed by atoms with E-state index >= 15 is 0 Å². The number of aryl methyl sites for hydroxylation is 1. The van der Waals surface area contributed by atoms with Gasteiger partial charge >= 0.3 is 0 Å². The zero-order valence-corrected chi connectivity index (χ0v) is 17.0. The smallest absolute Gasteiger partial charge is 0.255 e. The molecule has 2 aromatic heterocycles. The topological polar surface area (TPSA) is 93.0 Å². The molecule has 1 fully saturated rings. The maximum atomic E-state index is 12.7. The Hall–Kier alpha value is -3.37. The van der Waals surface area contributed by atoms with Crippen LogP contribution in [0.3, 0.4) is 0 Å². The SMILES string of the molecule is Cc1c(C(=O)N2CC(C#N)C2)c[nH]c1/C(=C\C=N)Oc1ccc2c(C)csc2c1. The first-order chi connectivity index (χ1) is 14.0. The van der Waals surface area contributed by atoms with E-state index in [1.165, 1.54) is 10.9 Å². The molecule has 4 rings (SSSR count). The van der Waals surface area contributed by atoms with Crippen LogP contribution in [0.1, 0.15) is 27.2 Å². The number of amides is 1. The molecule has 0 spiro atoms. The van der Waals surface area contributed by atoms with E-state index in [1.54, 1.807) is 28.5 Å². The normalized spacial score (nSPS) is 14.5. The maximum absolute atomic E-state index is 12.7. The van der Waals surface area contributed by atoms with Crippen LogP contribution in [0, 0.1) is 36.5 Å². The Bertz CT molecular complexity index is 1180. The van der Waals surface area contributed by atoms with Crippen LogP contribution in [0.2, 0.25) is 0 Å². The number of carbonyl (C=O) groups excluding carboxylic acids is 1. The van der Waals surface area contributed by atoms with Crippen molar-refractivity contribution in [2.45, 2.75) is 13.8 Å². The van der Waals surface area contributed by atoms with E-state index in [-0.39, 0.29) is 11.8 Å². The third kappa shape index (κ3) is 3.43. The number of allylic oxidation sites excluding steroid dienone is 1. The second kappa shape index (κ2) is 7.57. The number of rotatable bonds is 5. The fourth-order valence-corrected chi connectivity index (χ4v) is 4.42. The number of thiophene rings is 1. The lowest BCUT2D eigenvalue weighted by atomic mass is 10.00. The Labute approximate surface area is 172 Å². The van der Waals surface area contributed by atoms with Crippen LogP contribution in [0.25, 0.3) is 15.8 Å². The molecule has 6 nitrogen and oxygen atoms in total. The van der Waals surface area contributed by atoms with E-state index in [0.29, 0.717) is 35.9 Å². The minimum Gasteiger partial charge on any atom is -0.455 e. The second-order valence-corrected chi connectivity index (χ2v) is 8.03. The molecule has 0 radical (unpaired) electrons. The van der Waals surface area contributed by atoms with E-state index in [2.05, 4.69) is 23.4 Å². The molecule has 0 aliphatic carbocycles. The number of fused-ring (bicyclic) bond motifs is 1. The summed E-state index contributed by atoms with van der Waals surface area (Å²) in [6, 6.07) is 8.10. The van der Waals surface area contributed by atoms with E-state index in [9.17, 15) is 4.79 Å². The van der Waals surface area contributed by atoms with Gasteiger partial charge in [0.05, 0.1) is 23.2 Å². The molecule has 1 saturated heterocycles. The third-order valence-electron chi connectivity index (χ3n) is 5.17. The summed E-state index contributed by atoms with van der Waals surface area (Å²) in [4.78, 5) is 17.5. The van der Waals surface area contributed by atoms with Crippen molar-refractivity contribution < 1.29 is 9.53 Å². The van der Waals surface area contributed by atoms with Gasteiger partial charge in [-0.2, -0.15) is 5.26 Å². The van der Waals surface area contributed by atoms with Crippen LogP contribution in [-0.2, 0) is 0 Å². The first kappa shape index (κ1) is 19.0. The number of aromatic nitrogens is 1. The van der Waals surface area contributed by atoms with Gasteiger partial charge in [0, 0.05) is 36.3 Å². The number of ether oxygens (including phenoxy) is 1. The van der Waals surface area contributed by atoms with Gasteiger partial charge in [-0.3, -0.25) is 4.79 Å². The van der Waals surface area contributed by atoms with E-state index in [4.69, 9.17) is 15.4 Å².